The van der Waals surface area contributed by atoms with Crippen molar-refractivity contribution in [2.45, 2.75) is 31.5 Å². The van der Waals surface area contributed by atoms with Crippen molar-refractivity contribution in [2.24, 2.45) is 0 Å². The Kier molecular flexibility index (Phi) is 13.1. The molecule has 0 amide bonds. The summed E-state index contributed by atoms with van der Waals surface area (Å²) in [4.78, 5) is 42.0. The number of aliphatic hydroxyl groups is 2. The predicted octanol–water partition coefficient (Wildman–Crippen LogP) is 0.249. The molecule has 7 atom stereocenters. The topological polar surface area (TPSA) is 339 Å². The molecule has 1 fully saturated rings. The SMILES string of the molecule is C=CN(COCCOP(=O)(OC)OP(=O)(OC)OP(=O)(OC)OCC1OC(n2cnc3c(=O)[nH]c(N)nc32)C(O)C1O)c1nc(N)[nH]c(=O)c1C. The van der Waals surface area contributed by atoms with Gasteiger partial charge in [0.25, 0.3) is 11.1 Å². The average Bonchev–Trinajstić information content (AvgIpc) is 3.63. The molecule has 3 aromatic heterocycles. The molecule has 0 saturated carbocycles. The van der Waals surface area contributed by atoms with E-state index in [1.165, 1.54) is 18.0 Å². The number of fused-ring (bicyclic) bond motifs is 1. The lowest BCUT2D eigenvalue weighted by Gasteiger charge is -2.24. The van der Waals surface area contributed by atoms with Gasteiger partial charge in [-0.3, -0.25) is 46.7 Å². The molecule has 28 heteroatoms. The van der Waals surface area contributed by atoms with E-state index in [-0.39, 0.29) is 47.8 Å². The van der Waals surface area contributed by atoms with Crippen molar-refractivity contribution in [3.05, 3.63) is 45.4 Å². The van der Waals surface area contributed by atoms with E-state index < -0.39 is 72.3 Å². The number of imidazole rings is 1. The first-order valence-electron chi connectivity index (χ1n) is 14.3. The molecule has 0 aromatic carbocycles. The summed E-state index contributed by atoms with van der Waals surface area (Å²) in [5.41, 5.74) is 10.1. The highest BCUT2D eigenvalue weighted by Crippen LogP contribution is 2.72. The van der Waals surface area contributed by atoms with Crippen molar-refractivity contribution in [3.8, 4) is 0 Å². The van der Waals surface area contributed by atoms with Crippen LogP contribution in [0.5, 0.6) is 0 Å². The van der Waals surface area contributed by atoms with Gasteiger partial charge < -0.3 is 36.1 Å². The number of nitrogens with two attached hydrogens (primary N) is 2. The molecule has 8 N–H and O–H groups in total. The second kappa shape index (κ2) is 16.5. The van der Waals surface area contributed by atoms with Crippen LogP contribution in [-0.2, 0) is 54.4 Å². The Balaban J connectivity index is 1.34. The summed E-state index contributed by atoms with van der Waals surface area (Å²) < 4.78 is 86.2. The van der Waals surface area contributed by atoms with Crippen LogP contribution in [0.3, 0.4) is 0 Å². The van der Waals surface area contributed by atoms with Gasteiger partial charge in [0.2, 0.25) is 11.9 Å². The number of H-pyrrole nitrogens is 2. The van der Waals surface area contributed by atoms with E-state index in [9.17, 15) is 33.5 Å². The lowest BCUT2D eigenvalue weighted by Crippen LogP contribution is -2.33. The number of phosphoric acid groups is 3. The van der Waals surface area contributed by atoms with Crippen LogP contribution >= 0.6 is 23.5 Å². The van der Waals surface area contributed by atoms with Crippen molar-refractivity contribution in [1.29, 1.82) is 0 Å². The summed E-state index contributed by atoms with van der Waals surface area (Å²) in [6.07, 6.45) is -3.70. The Morgan fingerprint density at radius 1 is 0.961 bits per heavy atom. The molecule has 1 saturated heterocycles. The first-order valence-corrected chi connectivity index (χ1v) is 18.7. The highest BCUT2D eigenvalue weighted by molar-refractivity contribution is 7.67. The fourth-order valence-electron chi connectivity index (χ4n) is 4.32. The van der Waals surface area contributed by atoms with Crippen LogP contribution in [0.4, 0.5) is 17.7 Å². The third-order valence-electron chi connectivity index (χ3n) is 6.87. The van der Waals surface area contributed by atoms with Crippen LogP contribution in [0.1, 0.15) is 11.8 Å². The zero-order valence-corrected chi connectivity index (χ0v) is 30.0. The molecule has 51 heavy (non-hydrogen) atoms. The summed E-state index contributed by atoms with van der Waals surface area (Å²) in [6, 6.07) is 0. The van der Waals surface area contributed by atoms with Crippen molar-refractivity contribution in [3.63, 3.8) is 0 Å². The molecule has 1 aliphatic heterocycles. The number of hydrogen-bond donors (Lipinski definition) is 6. The maximum absolute atomic E-state index is 13.3. The van der Waals surface area contributed by atoms with Gasteiger partial charge in [-0.05, 0) is 6.92 Å². The minimum absolute atomic E-state index is 0.0729. The molecule has 0 radical (unpaired) electrons. The molecule has 4 rings (SSSR count). The van der Waals surface area contributed by atoms with Gasteiger partial charge in [-0.1, -0.05) is 6.58 Å². The monoisotopic (exact) mass is 787 g/mol. The maximum atomic E-state index is 13.3. The number of nitrogens with one attached hydrogen (secondary N) is 2. The lowest BCUT2D eigenvalue weighted by atomic mass is 10.1. The van der Waals surface area contributed by atoms with Gasteiger partial charge in [0, 0.05) is 27.5 Å². The fraction of sp³-hybridized carbons (Fsp3) is 0.522. The van der Waals surface area contributed by atoms with Crippen molar-refractivity contribution in [1.82, 2.24) is 29.5 Å². The summed E-state index contributed by atoms with van der Waals surface area (Å²) in [6.45, 7) is 3.34. The number of nitrogen functional groups attached to an aromatic ring is 2. The van der Waals surface area contributed by atoms with Crippen LogP contribution in [0.2, 0.25) is 0 Å². The molecule has 0 bridgehead atoms. The van der Waals surface area contributed by atoms with Gasteiger partial charge in [-0.25, -0.2) is 18.7 Å². The van der Waals surface area contributed by atoms with Crippen LogP contribution in [0, 0.1) is 6.92 Å². The molecule has 1 aliphatic rings. The number of nitrogens with zero attached hydrogens (tertiary/aromatic N) is 5. The number of rotatable bonds is 19. The number of hydrogen-bond acceptors (Lipinski definition) is 22. The van der Waals surface area contributed by atoms with Crippen LogP contribution in [0.15, 0.2) is 28.7 Å². The molecule has 25 nitrogen and oxygen atoms in total. The Hall–Kier alpha value is -3.38. The molecular weight excluding hydrogens is 751 g/mol. The van der Waals surface area contributed by atoms with Gasteiger partial charge in [0.1, 0.15) is 30.9 Å². The van der Waals surface area contributed by atoms with E-state index in [0.29, 0.717) is 0 Å². The number of aromatic amines is 2. The van der Waals surface area contributed by atoms with E-state index in [0.717, 1.165) is 32.2 Å². The lowest BCUT2D eigenvalue weighted by molar-refractivity contribution is -0.0508. The Morgan fingerprint density at radius 3 is 2.20 bits per heavy atom. The van der Waals surface area contributed by atoms with Crippen LogP contribution < -0.4 is 27.5 Å². The number of aliphatic hydroxyl groups excluding tert-OH is 2. The predicted molar refractivity (Wildman–Crippen MR) is 174 cm³/mol. The first-order chi connectivity index (χ1) is 24.0. The van der Waals surface area contributed by atoms with E-state index in [2.05, 4.69) is 31.5 Å². The molecular formula is C23H36N9O16P3. The molecule has 0 aliphatic carbocycles. The summed E-state index contributed by atoms with van der Waals surface area (Å²) in [5.74, 6) is -0.222. The Bertz CT molecular complexity index is 1970. The average molecular weight is 788 g/mol. The number of anilines is 3. The van der Waals surface area contributed by atoms with E-state index >= 15 is 0 Å². The Morgan fingerprint density at radius 2 is 1.57 bits per heavy atom. The maximum Gasteiger partial charge on any atom is 0.492 e. The van der Waals surface area contributed by atoms with Gasteiger partial charge in [0.05, 0.1) is 31.7 Å². The van der Waals surface area contributed by atoms with E-state index in [4.69, 9.17) is 52.2 Å². The van der Waals surface area contributed by atoms with Gasteiger partial charge in [-0.15, -0.1) is 0 Å². The van der Waals surface area contributed by atoms with Crippen molar-refractivity contribution in [2.75, 3.05) is 64.2 Å². The quantitative estimate of drug-likeness (QED) is 0.0538. The second-order valence-corrected chi connectivity index (χ2v) is 15.7. The molecule has 284 valence electrons. The zero-order valence-electron chi connectivity index (χ0n) is 27.3. The number of aromatic nitrogens is 6. The van der Waals surface area contributed by atoms with Crippen LogP contribution in [0.25, 0.3) is 11.2 Å². The molecule has 0 spiro atoms. The summed E-state index contributed by atoms with van der Waals surface area (Å²) in [7, 11) is -12.4. The fourth-order valence-corrected chi connectivity index (χ4v) is 8.95. The summed E-state index contributed by atoms with van der Waals surface area (Å²) >= 11 is 0. The highest BCUT2D eigenvalue weighted by Gasteiger charge is 2.49. The minimum Gasteiger partial charge on any atom is -0.387 e. The Labute approximate surface area is 287 Å². The third kappa shape index (κ3) is 9.35. The van der Waals surface area contributed by atoms with Gasteiger partial charge in [0.15, 0.2) is 17.4 Å². The van der Waals surface area contributed by atoms with Crippen molar-refractivity contribution < 1.29 is 64.6 Å². The van der Waals surface area contributed by atoms with Crippen LogP contribution in [-0.4, -0.2) is 106 Å². The largest absolute Gasteiger partial charge is 0.492 e. The normalized spacial score (nSPS) is 22.7. The standard InChI is InChI=1S/C23H36N9O16P3/c1-6-31(17-12(2)19(35)29-22(24)27-17)11-43-7-8-44-49(37,40-3)47-51(39,42-5)48-50(38,41-4)45-9-13-15(33)16(34)21(46-13)32-10-26-14-18(32)28-23(25)30-20(14)36/h6,10,13,15-16,21,33-34H,1,7-9,11H2,2-5H3,(H3,24,27,29,35)(H3,25,28,30,36). The van der Waals surface area contributed by atoms with Crippen molar-refractivity contribution >= 4 is 52.3 Å². The minimum atomic E-state index is -5.14. The first kappa shape index (κ1) is 40.4. The van der Waals surface area contributed by atoms with Gasteiger partial charge in [-0.2, -0.15) is 18.6 Å². The summed E-state index contributed by atoms with van der Waals surface area (Å²) in [5, 5.41) is 21.3. The second-order valence-electron chi connectivity index (χ2n) is 10.1. The third-order valence-corrected chi connectivity index (χ3v) is 12.4. The van der Waals surface area contributed by atoms with E-state index in [1.807, 2.05) is 0 Å². The zero-order chi connectivity index (χ0) is 37.7. The number of phosphoric ester groups is 2. The smallest absolute Gasteiger partial charge is 0.387 e. The molecule has 3 aromatic rings. The van der Waals surface area contributed by atoms with Gasteiger partial charge >= 0.3 is 23.5 Å². The molecule has 4 heterocycles. The highest BCUT2D eigenvalue weighted by atomic mass is 31.3. The van der Waals surface area contributed by atoms with E-state index in [1.54, 1.807) is 0 Å². The molecule has 7 unspecified atom stereocenters. The number of ether oxygens (including phenoxy) is 2.